The Labute approximate surface area is 118 Å². The molecule has 0 unspecified atom stereocenters. The van der Waals surface area contributed by atoms with Gasteiger partial charge in [0.15, 0.2) is 0 Å². The van der Waals surface area contributed by atoms with Gasteiger partial charge in [-0.25, -0.2) is 13.4 Å². The molecule has 1 amide bonds. The number of carbonyl (C=O) groups excluding carboxylic acids is 1. The molecule has 0 radical (unpaired) electrons. The molecule has 20 heavy (non-hydrogen) atoms. The van der Waals surface area contributed by atoms with Crippen LogP contribution >= 0.6 is 0 Å². The van der Waals surface area contributed by atoms with Gasteiger partial charge in [0.05, 0.1) is 12.9 Å². The van der Waals surface area contributed by atoms with Crippen molar-refractivity contribution in [3.8, 4) is 0 Å². The number of hydrogen-bond donors (Lipinski definition) is 2. The van der Waals surface area contributed by atoms with Crippen molar-refractivity contribution in [3.05, 3.63) is 0 Å². The third kappa shape index (κ3) is 3.67. The van der Waals surface area contributed by atoms with E-state index in [2.05, 4.69) is 5.43 Å². The Hall–Kier alpha value is -0.740. The third-order valence-corrected chi connectivity index (χ3v) is 4.88. The minimum atomic E-state index is -3.19. The fourth-order valence-corrected chi connectivity index (χ4v) is 3.15. The molecule has 0 saturated carbocycles. The van der Waals surface area contributed by atoms with Crippen molar-refractivity contribution < 1.29 is 23.1 Å². The molecule has 2 N–H and O–H groups in total. The summed E-state index contributed by atoms with van der Waals surface area (Å²) in [6.07, 6.45) is 3.02. The van der Waals surface area contributed by atoms with Crippen LogP contribution in [-0.2, 0) is 19.6 Å². The molecule has 0 aromatic carbocycles. The average molecular weight is 307 g/mol. The fraction of sp³-hybridized carbons (Fsp3) is 0.909. The number of hydrazine groups is 1. The number of hydrogen-bond acceptors (Lipinski definition) is 6. The van der Waals surface area contributed by atoms with Gasteiger partial charge in [-0.1, -0.05) is 0 Å². The minimum absolute atomic E-state index is 0.280. The molecule has 116 valence electrons. The normalized spacial score (nSPS) is 30.1. The van der Waals surface area contributed by atoms with Crippen molar-refractivity contribution in [3.63, 3.8) is 0 Å². The summed E-state index contributed by atoms with van der Waals surface area (Å²) in [5.41, 5.74) is 2.60. The monoisotopic (exact) mass is 307 g/mol. The van der Waals surface area contributed by atoms with Gasteiger partial charge in [0, 0.05) is 32.6 Å². The first-order valence-corrected chi connectivity index (χ1v) is 8.54. The van der Waals surface area contributed by atoms with Gasteiger partial charge in [0.1, 0.15) is 0 Å². The maximum atomic E-state index is 12.0. The SMILES string of the molecule is CS(=O)(=O)N1CCN(NC(=O)[C@@]2(O)CCCCO2)CC1. The number of ether oxygens (including phenoxy) is 1. The number of nitrogens with zero attached hydrogens (tertiary/aromatic N) is 2. The lowest BCUT2D eigenvalue weighted by Gasteiger charge is -2.36. The van der Waals surface area contributed by atoms with Crippen molar-refractivity contribution in [2.45, 2.75) is 25.0 Å². The van der Waals surface area contributed by atoms with Crippen LogP contribution in [0.5, 0.6) is 0 Å². The number of rotatable bonds is 3. The smallest absolute Gasteiger partial charge is 0.294 e. The van der Waals surface area contributed by atoms with Gasteiger partial charge in [-0.3, -0.25) is 10.2 Å². The van der Waals surface area contributed by atoms with E-state index >= 15 is 0 Å². The van der Waals surface area contributed by atoms with Gasteiger partial charge in [-0.05, 0) is 12.8 Å². The summed E-state index contributed by atoms with van der Waals surface area (Å²) in [7, 11) is -3.19. The van der Waals surface area contributed by atoms with Crippen LogP contribution in [0.3, 0.4) is 0 Å². The molecule has 0 aromatic heterocycles. The molecule has 1 atom stereocenters. The number of sulfonamides is 1. The molecule has 2 aliphatic heterocycles. The Morgan fingerprint density at radius 1 is 1.25 bits per heavy atom. The lowest BCUT2D eigenvalue weighted by Crippen LogP contribution is -2.60. The zero-order valence-electron chi connectivity index (χ0n) is 11.5. The van der Waals surface area contributed by atoms with Crippen molar-refractivity contribution in [1.82, 2.24) is 14.7 Å². The molecule has 0 aliphatic carbocycles. The number of aliphatic hydroxyl groups is 1. The van der Waals surface area contributed by atoms with Gasteiger partial charge in [-0.2, -0.15) is 4.31 Å². The lowest BCUT2D eigenvalue weighted by atomic mass is 10.1. The molecule has 2 aliphatic rings. The number of carbonyl (C=O) groups is 1. The van der Waals surface area contributed by atoms with E-state index in [1.54, 1.807) is 5.01 Å². The molecular formula is C11H21N3O5S. The summed E-state index contributed by atoms with van der Waals surface area (Å²) in [5, 5.41) is 11.7. The molecule has 0 aromatic rings. The predicted molar refractivity (Wildman–Crippen MR) is 70.9 cm³/mol. The van der Waals surface area contributed by atoms with Crippen LogP contribution in [0.1, 0.15) is 19.3 Å². The summed E-state index contributed by atoms with van der Waals surface area (Å²) < 4.78 is 29.3. The van der Waals surface area contributed by atoms with Crippen molar-refractivity contribution in [1.29, 1.82) is 0 Å². The summed E-state index contributed by atoms with van der Waals surface area (Å²) in [6, 6.07) is 0. The summed E-state index contributed by atoms with van der Waals surface area (Å²) in [5.74, 6) is -2.34. The number of amides is 1. The summed E-state index contributed by atoms with van der Waals surface area (Å²) >= 11 is 0. The van der Waals surface area contributed by atoms with E-state index in [0.29, 0.717) is 32.8 Å². The van der Waals surface area contributed by atoms with Crippen molar-refractivity contribution in [2.75, 3.05) is 39.0 Å². The number of nitrogens with one attached hydrogen (secondary N) is 1. The highest BCUT2D eigenvalue weighted by molar-refractivity contribution is 7.88. The van der Waals surface area contributed by atoms with Crippen LogP contribution in [0.15, 0.2) is 0 Å². The Morgan fingerprint density at radius 2 is 1.90 bits per heavy atom. The summed E-state index contributed by atoms with van der Waals surface area (Å²) in [6.45, 7) is 1.77. The number of piperazine rings is 1. The molecule has 2 fully saturated rings. The lowest BCUT2D eigenvalue weighted by molar-refractivity contribution is -0.225. The van der Waals surface area contributed by atoms with Gasteiger partial charge in [0.25, 0.3) is 5.91 Å². The van der Waals surface area contributed by atoms with E-state index < -0.39 is 21.7 Å². The van der Waals surface area contributed by atoms with Gasteiger partial charge >= 0.3 is 0 Å². The Balaban J connectivity index is 1.85. The second-order valence-corrected chi connectivity index (χ2v) is 7.16. The molecule has 0 spiro atoms. The molecule has 0 bridgehead atoms. The zero-order chi connectivity index (χ0) is 14.8. The van der Waals surface area contributed by atoms with Gasteiger partial charge < -0.3 is 9.84 Å². The second kappa shape index (κ2) is 5.94. The van der Waals surface area contributed by atoms with Crippen LogP contribution in [-0.4, -0.2) is 73.6 Å². The average Bonchev–Trinajstić information content (AvgIpc) is 2.39. The first-order valence-electron chi connectivity index (χ1n) is 6.69. The molecule has 2 heterocycles. The quantitative estimate of drug-likeness (QED) is 0.657. The van der Waals surface area contributed by atoms with E-state index in [1.807, 2.05) is 0 Å². The van der Waals surface area contributed by atoms with Crippen LogP contribution < -0.4 is 5.43 Å². The maximum Gasteiger partial charge on any atom is 0.294 e. The Bertz CT molecular complexity index is 453. The summed E-state index contributed by atoms with van der Waals surface area (Å²) in [4.78, 5) is 12.0. The highest BCUT2D eigenvalue weighted by Gasteiger charge is 2.40. The molecule has 2 rings (SSSR count). The molecule has 2 saturated heterocycles. The highest BCUT2D eigenvalue weighted by atomic mass is 32.2. The topological polar surface area (TPSA) is 99.2 Å². The van der Waals surface area contributed by atoms with Crippen LogP contribution in [0, 0.1) is 0 Å². The standard InChI is InChI=1S/C11H21N3O5S/c1-20(17,18)14-7-5-13(6-8-14)12-10(15)11(16)4-2-3-9-19-11/h16H,2-9H2,1H3,(H,12,15)/t11-/m1/s1. The first kappa shape index (κ1) is 15.6. The van der Waals surface area contributed by atoms with E-state index in [1.165, 1.54) is 10.6 Å². The Morgan fingerprint density at radius 3 is 2.40 bits per heavy atom. The molecule has 8 nitrogen and oxygen atoms in total. The van der Waals surface area contributed by atoms with Gasteiger partial charge in [-0.15, -0.1) is 0 Å². The Kier molecular flexibility index (Phi) is 4.65. The first-order chi connectivity index (χ1) is 9.31. The van der Waals surface area contributed by atoms with E-state index in [0.717, 1.165) is 12.8 Å². The van der Waals surface area contributed by atoms with Crippen LogP contribution in [0.2, 0.25) is 0 Å². The van der Waals surface area contributed by atoms with Crippen molar-refractivity contribution in [2.24, 2.45) is 0 Å². The highest BCUT2D eigenvalue weighted by Crippen LogP contribution is 2.22. The molecular weight excluding hydrogens is 286 g/mol. The molecule has 9 heteroatoms. The largest absolute Gasteiger partial charge is 0.358 e. The van der Waals surface area contributed by atoms with E-state index in [9.17, 15) is 18.3 Å². The maximum absolute atomic E-state index is 12.0. The zero-order valence-corrected chi connectivity index (χ0v) is 12.4. The third-order valence-electron chi connectivity index (χ3n) is 3.57. The fourth-order valence-electron chi connectivity index (χ4n) is 2.32. The van der Waals surface area contributed by atoms with Crippen LogP contribution in [0.25, 0.3) is 0 Å². The minimum Gasteiger partial charge on any atom is -0.358 e. The van der Waals surface area contributed by atoms with E-state index in [4.69, 9.17) is 4.74 Å². The van der Waals surface area contributed by atoms with Crippen LogP contribution in [0.4, 0.5) is 0 Å². The second-order valence-electron chi connectivity index (χ2n) is 5.18. The van der Waals surface area contributed by atoms with E-state index in [-0.39, 0.29) is 6.42 Å². The predicted octanol–water partition coefficient (Wildman–Crippen LogP) is -1.52. The van der Waals surface area contributed by atoms with Gasteiger partial charge in [0.2, 0.25) is 15.8 Å². The van der Waals surface area contributed by atoms with Crippen molar-refractivity contribution >= 4 is 15.9 Å².